The summed E-state index contributed by atoms with van der Waals surface area (Å²) < 4.78 is 13.1. The first-order valence-corrected chi connectivity index (χ1v) is 8.99. The number of amides is 1. The van der Waals surface area contributed by atoms with Crippen molar-refractivity contribution in [2.24, 2.45) is 0 Å². The van der Waals surface area contributed by atoms with Crippen LogP contribution in [0, 0.1) is 0 Å². The molecule has 0 unspecified atom stereocenters. The van der Waals surface area contributed by atoms with Crippen molar-refractivity contribution in [3.63, 3.8) is 0 Å². The predicted molar refractivity (Wildman–Crippen MR) is 103 cm³/mol. The second-order valence-electron chi connectivity index (χ2n) is 5.39. The van der Waals surface area contributed by atoms with Gasteiger partial charge in [0.2, 0.25) is 5.88 Å². The molecule has 0 radical (unpaired) electrons. The molecule has 0 spiro atoms. The smallest absolute Gasteiger partial charge is 0.418 e. The average Bonchev–Trinajstić information content (AvgIpc) is 2.97. The number of halogens is 1. The number of benzene rings is 2. The fourth-order valence-electron chi connectivity index (χ4n) is 2.25. The lowest BCUT2D eigenvalue weighted by Gasteiger charge is -2.09. The van der Waals surface area contributed by atoms with Gasteiger partial charge in [-0.1, -0.05) is 43.3 Å². The van der Waals surface area contributed by atoms with E-state index in [0.717, 1.165) is 12.1 Å². The Kier molecular flexibility index (Phi) is 5.91. The highest BCUT2D eigenvalue weighted by Gasteiger charge is 2.21. The van der Waals surface area contributed by atoms with Gasteiger partial charge in [-0.15, -0.1) is 5.10 Å². The van der Waals surface area contributed by atoms with E-state index in [4.69, 9.17) is 9.47 Å². The highest BCUT2D eigenvalue weighted by atomic mass is 79.9. The fourth-order valence-corrected chi connectivity index (χ4v) is 2.71. The van der Waals surface area contributed by atoms with Gasteiger partial charge in [0.1, 0.15) is 10.2 Å². The maximum absolute atomic E-state index is 12.3. The molecule has 6 nitrogen and oxygen atoms in total. The van der Waals surface area contributed by atoms with Crippen molar-refractivity contribution in [3.8, 4) is 17.3 Å². The zero-order chi connectivity index (χ0) is 18.4. The van der Waals surface area contributed by atoms with Crippen LogP contribution >= 0.6 is 15.9 Å². The number of anilines is 1. The van der Waals surface area contributed by atoms with E-state index < -0.39 is 6.09 Å². The average molecular weight is 416 g/mol. The molecule has 134 valence electrons. The summed E-state index contributed by atoms with van der Waals surface area (Å²) in [6, 6.07) is 18.3. The Morgan fingerprint density at radius 3 is 2.42 bits per heavy atom. The molecule has 0 bridgehead atoms. The topological polar surface area (TPSA) is 65.4 Å². The summed E-state index contributed by atoms with van der Waals surface area (Å²) in [7, 11) is 0. The van der Waals surface area contributed by atoms with Crippen molar-refractivity contribution < 1.29 is 14.3 Å². The third kappa shape index (κ3) is 4.23. The van der Waals surface area contributed by atoms with Crippen LogP contribution in [0.5, 0.6) is 11.6 Å². The van der Waals surface area contributed by atoms with E-state index in [1.54, 1.807) is 28.9 Å². The summed E-state index contributed by atoms with van der Waals surface area (Å²) in [5.41, 5.74) is 0.787. The number of hydrogen-bond donors (Lipinski definition) is 1. The van der Waals surface area contributed by atoms with Crippen molar-refractivity contribution in [2.45, 2.75) is 13.3 Å². The van der Waals surface area contributed by atoms with E-state index in [-0.39, 0.29) is 0 Å². The summed E-state index contributed by atoms with van der Waals surface area (Å²) in [6.45, 7) is 2.54. The fraction of sp³-hybridized carbons (Fsp3) is 0.158. The van der Waals surface area contributed by atoms with Crippen LogP contribution < -0.4 is 14.8 Å². The molecule has 0 saturated carbocycles. The minimum atomic E-state index is -0.615. The predicted octanol–water partition coefficient (Wildman–Crippen LogP) is 5.03. The molecular formula is C19H18BrN3O3. The van der Waals surface area contributed by atoms with Gasteiger partial charge in [0.05, 0.1) is 12.3 Å². The quantitative estimate of drug-likeness (QED) is 0.612. The molecule has 1 aromatic heterocycles. The van der Waals surface area contributed by atoms with Crippen molar-refractivity contribution in [1.29, 1.82) is 0 Å². The minimum absolute atomic E-state index is 0.408. The lowest BCUT2D eigenvalue weighted by molar-refractivity contribution is 0.215. The van der Waals surface area contributed by atoms with Crippen molar-refractivity contribution in [1.82, 2.24) is 9.78 Å². The van der Waals surface area contributed by atoms with Gasteiger partial charge in [0, 0.05) is 0 Å². The highest BCUT2D eigenvalue weighted by Crippen LogP contribution is 2.34. The van der Waals surface area contributed by atoms with Crippen molar-refractivity contribution >= 4 is 27.8 Å². The summed E-state index contributed by atoms with van der Waals surface area (Å²) in [4.78, 5) is 12.3. The van der Waals surface area contributed by atoms with E-state index in [1.165, 1.54) is 0 Å². The number of hydrogen-bond acceptors (Lipinski definition) is 4. The van der Waals surface area contributed by atoms with Crippen LogP contribution in [0.25, 0.3) is 5.69 Å². The number of aromatic nitrogens is 2. The Bertz CT molecular complexity index is 866. The molecule has 0 atom stereocenters. The molecule has 3 aromatic rings. The van der Waals surface area contributed by atoms with Crippen LogP contribution in [-0.2, 0) is 0 Å². The first kappa shape index (κ1) is 18.0. The van der Waals surface area contributed by atoms with Gasteiger partial charge >= 0.3 is 6.09 Å². The maximum Gasteiger partial charge on any atom is 0.418 e. The third-order valence-corrected chi connectivity index (χ3v) is 4.13. The molecule has 1 heterocycles. The zero-order valence-corrected chi connectivity index (χ0v) is 15.8. The number of carbonyl (C=O) groups is 1. The molecular weight excluding hydrogens is 398 g/mol. The van der Waals surface area contributed by atoms with Gasteiger partial charge in [-0.25, -0.2) is 9.48 Å². The van der Waals surface area contributed by atoms with Crippen LogP contribution in [0.2, 0.25) is 0 Å². The normalized spacial score (nSPS) is 10.4. The van der Waals surface area contributed by atoms with E-state index in [9.17, 15) is 4.79 Å². The number of para-hydroxylation sites is 2. The first-order valence-electron chi connectivity index (χ1n) is 8.19. The second kappa shape index (κ2) is 8.53. The van der Waals surface area contributed by atoms with Gasteiger partial charge < -0.3 is 9.47 Å². The molecule has 3 rings (SSSR count). The largest absolute Gasteiger partial charge is 0.476 e. The van der Waals surface area contributed by atoms with Crippen LogP contribution in [0.15, 0.2) is 65.1 Å². The van der Waals surface area contributed by atoms with Crippen LogP contribution in [0.1, 0.15) is 13.3 Å². The molecule has 0 aliphatic carbocycles. The molecule has 0 fully saturated rings. The van der Waals surface area contributed by atoms with E-state index in [1.807, 2.05) is 43.3 Å². The lowest BCUT2D eigenvalue weighted by Crippen LogP contribution is -2.19. The number of carbonyl (C=O) groups excluding carboxylic acids is 1. The number of rotatable bonds is 6. The SMILES string of the molecule is CCCOc1nn(-c2ccccc2)c(NC(=O)Oc2ccccc2)c1Br. The Balaban J connectivity index is 1.88. The molecule has 0 saturated heterocycles. The Morgan fingerprint density at radius 1 is 1.12 bits per heavy atom. The Morgan fingerprint density at radius 2 is 1.77 bits per heavy atom. The minimum Gasteiger partial charge on any atom is -0.476 e. The van der Waals surface area contributed by atoms with Crippen molar-refractivity contribution in [3.05, 3.63) is 65.1 Å². The van der Waals surface area contributed by atoms with Crippen molar-refractivity contribution in [2.75, 3.05) is 11.9 Å². The van der Waals surface area contributed by atoms with Gasteiger partial charge in [-0.05, 0) is 46.6 Å². The van der Waals surface area contributed by atoms with Crippen LogP contribution in [0.3, 0.4) is 0 Å². The summed E-state index contributed by atoms with van der Waals surface area (Å²) in [5, 5.41) is 7.19. The molecule has 26 heavy (non-hydrogen) atoms. The molecule has 7 heteroatoms. The number of nitrogens with zero attached hydrogens (tertiary/aromatic N) is 2. The standard InChI is InChI=1S/C19H18BrN3O3/c1-2-13-25-18-16(20)17(23(22-18)14-9-5-3-6-10-14)21-19(24)26-15-11-7-4-8-12-15/h3-12H,2,13H2,1H3,(H,21,24). The van der Waals surface area contributed by atoms with Gasteiger partial charge in [-0.3, -0.25) is 5.32 Å². The summed E-state index contributed by atoms with van der Waals surface area (Å²) in [6.07, 6.45) is 0.236. The Labute approximate surface area is 159 Å². The first-order chi connectivity index (χ1) is 12.7. The molecule has 1 amide bonds. The van der Waals surface area contributed by atoms with Crippen LogP contribution in [0.4, 0.5) is 10.6 Å². The monoisotopic (exact) mass is 415 g/mol. The summed E-state index contributed by atoms with van der Waals surface area (Å²) >= 11 is 3.46. The second-order valence-corrected chi connectivity index (χ2v) is 6.18. The van der Waals surface area contributed by atoms with E-state index >= 15 is 0 Å². The maximum atomic E-state index is 12.3. The van der Waals surface area contributed by atoms with Gasteiger partial charge in [-0.2, -0.15) is 0 Å². The number of nitrogens with one attached hydrogen (secondary N) is 1. The third-order valence-electron chi connectivity index (χ3n) is 3.42. The molecule has 1 N–H and O–H groups in total. The number of ether oxygens (including phenoxy) is 2. The lowest BCUT2D eigenvalue weighted by atomic mass is 10.3. The van der Waals surface area contributed by atoms with E-state index in [0.29, 0.717) is 28.5 Å². The molecule has 2 aromatic carbocycles. The highest BCUT2D eigenvalue weighted by molar-refractivity contribution is 9.10. The van der Waals surface area contributed by atoms with Crippen LogP contribution in [-0.4, -0.2) is 22.5 Å². The Hall–Kier alpha value is -2.80. The van der Waals surface area contributed by atoms with E-state index in [2.05, 4.69) is 26.3 Å². The van der Waals surface area contributed by atoms with Gasteiger partial charge in [0.15, 0.2) is 5.82 Å². The van der Waals surface area contributed by atoms with Gasteiger partial charge in [0.25, 0.3) is 0 Å². The summed E-state index contributed by atoms with van der Waals surface area (Å²) in [5.74, 6) is 1.29. The zero-order valence-electron chi connectivity index (χ0n) is 14.2. The molecule has 0 aliphatic rings. The molecule has 0 aliphatic heterocycles.